The fourth-order valence-corrected chi connectivity index (χ4v) is 2.57. The lowest BCUT2D eigenvalue weighted by atomic mass is 10.1. The molecule has 2 aromatic carbocycles. The van der Waals surface area contributed by atoms with Gasteiger partial charge in [-0.05, 0) is 17.7 Å². The number of carbonyl (C=O) groups is 1. The van der Waals surface area contributed by atoms with Crippen LogP contribution in [0.4, 0.5) is 20.9 Å². The van der Waals surface area contributed by atoms with Gasteiger partial charge in [-0.15, -0.1) is 5.10 Å². The molecule has 29 heavy (non-hydrogen) atoms. The predicted octanol–water partition coefficient (Wildman–Crippen LogP) is 3.47. The van der Waals surface area contributed by atoms with Gasteiger partial charge in [-0.2, -0.15) is 0 Å². The highest BCUT2D eigenvalue weighted by Crippen LogP contribution is 2.39. The Morgan fingerprint density at radius 3 is 2.24 bits per heavy atom. The minimum atomic E-state index is -0.601. The first-order valence-electron chi connectivity index (χ1n) is 8.47. The minimum absolute atomic E-state index is 0.0768. The Morgan fingerprint density at radius 2 is 1.66 bits per heavy atom. The number of hydrogen-bond acceptors (Lipinski definition) is 7. The van der Waals surface area contributed by atoms with Crippen molar-refractivity contribution in [3.63, 3.8) is 0 Å². The number of nitrogens with one attached hydrogen (secondary N) is 2. The molecule has 2 amide bonds. The van der Waals surface area contributed by atoms with Crippen LogP contribution in [0.1, 0.15) is 11.5 Å². The maximum absolute atomic E-state index is 13.0. The van der Waals surface area contributed by atoms with E-state index >= 15 is 0 Å². The van der Waals surface area contributed by atoms with Crippen LogP contribution < -0.4 is 24.8 Å². The molecule has 0 atom stereocenters. The summed E-state index contributed by atoms with van der Waals surface area (Å²) in [6.45, 7) is 0. The van der Waals surface area contributed by atoms with Crippen molar-refractivity contribution in [1.82, 2.24) is 10.2 Å². The number of hydrogen-bond donors (Lipinski definition) is 2. The number of carbonyl (C=O) groups excluding carboxylic acids is 1. The molecule has 0 spiro atoms. The van der Waals surface area contributed by atoms with Crippen molar-refractivity contribution in [2.45, 2.75) is 6.42 Å². The molecule has 0 fully saturated rings. The lowest BCUT2D eigenvalue weighted by Crippen LogP contribution is -2.19. The van der Waals surface area contributed by atoms with Gasteiger partial charge in [-0.3, -0.25) is 5.32 Å². The zero-order chi connectivity index (χ0) is 20.8. The van der Waals surface area contributed by atoms with Gasteiger partial charge in [-0.25, -0.2) is 9.18 Å². The number of ether oxygens (including phenoxy) is 3. The van der Waals surface area contributed by atoms with Gasteiger partial charge in [0.15, 0.2) is 11.5 Å². The Balaban J connectivity index is 1.65. The van der Waals surface area contributed by atoms with Crippen molar-refractivity contribution in [2.24, 2.45) is 0 Å². The Kier molecular flexibility index (Phi) is 6.12. The highest BCUT2D eigenvalue weighted by atomic mass is 19.1. The van der Waals surface area contributed by atoms with Crippen LogP contribution in [0.3, 0.4) is 0 Å². The van der Waals surface area contributed by atoms with E-state index in [1.165, 1.54) is 33.5 Å². The van der Waals surface area contributed by atoms with E-state index < -0.39 is 6.03 Å². The van der Waals surface area contributed by atoms with Crippen LogP contribution in [0.25, 0.3) is 0 Å². The molecule has 0 saturated carbocycles. The Bertz CT molecular complexity index is 966. The molecule has 0 aliphatic carbocycles. The molecule has 0 bridgehead atoms. The number of amides is 2. The maximum Gasteiger partial charge on any atom is 0.327 e. The quantitative estimate of drug-likeness (QED) is 0.623. The first-order chi connectivity index (χ1) is 14.0. The smallest absolute Gasteiger partial charge is 0.327 e. The van der Waals surface area contributed by atoms with Gasteiger partial charge in [-0.1, -0.05) is 17.2 Å². The molecule has 0 aliphatic rings. The number of methoxy groups -OCH3 is 3. The number of rotatable bonds is 7. The summed E-state index contributed by atoms with van der Waals surface area (Å²) in [5.74, 6) is 1.14. The number of urea groups is 1. The van der Waals surface area contributed by atoms with Crippen LogP contribution in [-0.2, 0) is 6.42 Å². The van der Waals surface area contributed by atoms with Crippen molar-refractivity contribution in [3.8, 4) is 17.2 Å². The minimum Gasteiger partial charge on any atom is -0.493 e. The van der Waals surface area contributed by atoms with Crippen LogP contribution in [0.15, 0.2) is 40.8 Å². The SMILES string of the molecule is COc1cc(NC(=O)Nc2nnc(Cc3ccc(F)cc3)o2)cc(OC)c1OC. The van der Waals surface area contributed by atoms with Crippen molar-refractivity contribution in [1.29, 1.82) is 0 Å². The number of nitrogens with zero attached hydrogens (tertiary/aromatic N) is 2. The standard InChI is InChI=1S/C19H19FN4O5/c1-26-14-9-13(10-15(27-2)17(14)28-3)21-18(25)22-19-24-23-16(29-19)8-11-4-6-12(20)7-5-11/h4-7,9-10H,8H2,1-3H3,(H2,21,22,24,25). The average Bonchev–Trinajstić information content (AvgIpc) is 3.15. The van der Waals surface area contributed by atoms with Crippen LogP contribution in [-0.4, -0.2) is 37.6 Å². The highest BCUT2D eigenvalue weighted by Gasteiger charge is 2.16. The number of benzene rings is 2. The van der Waals surface area contributed by atoms with E-state index in [2.05, 4.69) is 20.8 Å². The fourth-order valence-electron chi connectivity index (χ4n) is 2.57. The second-order valence-electron chi connectivity index (χ2n) is 5.80. The average molecular weight is 402 g/mol. The molecule has 0 saturated heterocycles. The summed E-state index contributed by atoms with van der Waals surface area (Å²) in [5, 5.41) is 12.7. The number of anilines is 2. The van der Waals surface area contributed by atoms with Gasteiger partial charge < -0.3 is 23.9 Å². The first-order valence-corrected chi connectivity index (χ1v) is 8.47. The topological polar surface area (TPSA) is 108 Å². The summed E-state index contributed by atoms with van der Waals surface area (Å²) in [5.41, 5.74) is 1.20. The monoisotopic (exact) mass is 402 g/mol. The number of halogens is 1. The lowest BCUT2D eigenvalue weighted by molar-refractivity contribution is 0.261. The molecule has 3 aromatic rings. The molecule has 10 heteroatoms. The zero-order valence-corrected chi connectivity index (χ0v) is 16.0. The lowest BCUT2D eigenvalue weighted by Gasteiger charge is -2.14. The van der Waals surface area contributed by atoms with E-state index in [0.29, 0.717) is 29.4 Å². The molecule has 1 heterocycles. The fraction of sp³-hybridized carbons (Fsp3) is 0.211. The Hall–Kier alpha value is -3.82. The summed E-state index contributed by atoms with van der Waals surface area (Å²) in [6, 6.07) is 8.39. The maximum atomic E-state index is 13.0. The third kappa shape index (κ3) is 4.92. The molecule has 0 unspecified atom stereocenters. The van der Waals surface area contributed by atoms with E-state index in [9.17, 15) is 9.18 Å². The molecular weight excluding hydrogens is 383 g/mol. The Labute approximate surface area is 165 Å². The van der Waals surface area contributed by atoms with Gasteiger partial charge in [0.1, 0.15) is 5.82 Å². The summed E-state index contributed by atoms with van der Waals surface area (Å²) in [7, 11) is 4.43. The van der Waals surface area contributed by atoms with Crippen molar-refractivity contribution >= 4 is 17.7 Å². The molecule has 2 N–H and O–H groups in total. The van der Waals surface area contributed by atoms with E-state index in [1.807, 2.05) is 0 Å². The second-order valence-corrected chi connectivity index (χ2v) is 5.80. The molecule has 9 nitrogen and oxygen atoms in total. The highest BCUT2D eigenvalue weighted by molar-refractivity contribution is 5.98. The largest absolute Gasteiger partial charge is 0.493 e. The second kappa shape index (κ2) is 8.91. The predicted molar refractivity (Wildman–Crippen MR) is 102 cm³/mol. The molecule has 3 rings (SSSR count). The van der Waals surface area contributed by atoms with Gasteiger partial charge in [0.05, 0.1) is 33.4 Å². The zero-order valence-electron chi connectivity index (χ0n) is 16.0. The van der Waals surface area contributed by atoms with Crippen molar-refractivity contribution in [2.75, 3.05) is 32.0 Å². The Morgan fingerprint density at radius 1 is 1.00 bits per heavy atom. The third-order valence-corrected chi connectivity index (χ3v) is 3.88. The van der Waals surface area contributed by atoms with Crippen molar-refractivity contribution < 1.29 is 27.8 Å². The van der Waals surface area contributed by atoms with Gasteiger partial charge in [0.2, 0.25) is 11.6 Å². The summed E-state index contributed by atoms with van der Waals surface area (Å²) < 4.78 is 34.1. The normalized spacial score (nSPS) is 10.3. The van der Waals surface area contributed by atoms with Crippen LogP contribution in [0, 0.1) is 5.82 Å². The number of aromatic nitrogens is 2. The molecule has 152 valence electrons. The van der Waals surface area contributed by atoms with E-state index in [0.717, 1.165) is 5.56 Å². The first kappa shape index (κ1) is 19.9. The molecular formula is C19H19FN4O5. The summed E-state index contributed by atoms with van der Waals surface area (Å²) in [6.07, 6.45) is 0.309. The molecule has 0 aliphatic heterocycles. The van der Waals surface area contributed by atoms with E-state index in [4.69, 9.17) is 18.6 Å². The van der Waals surface area contributed by atoms with Gasteiger partial charge >= 0.3 is 12.0 Å². The van der Waals surface area contributed by atoms with Crippen molar-refractivity contribution in [3.05, 3.63) is 53.7 Å². The van der Waals surface area contributed by atoms with Gasteiger partial charge in [0.25, 0.3) is 0 Å². The van der Waals surface area contributed by atoms with Crippen LogP contribution >= 0.6 is 0 Å². The summed E-state index contributed by atoms with van der Waals surface area (Å²) in [4.78, 5) is 12.2. The molecule has 1 aromatic heterocycles. The van der Waals surface area contributed by atoms with Crippen LogP contribution in [0.5, 0.6) is 17.2 Å². The van der Waals surface area contributed by atoms with Crippen LogP contribution in [0.2, 0.25) is 0 Å². The molecule has 0 radical (unpaired) electrons. The van der Waals surface area contributed by atoms with Gasteiger partial charge in [0, 0.05) is 12.1 Å². The van der Waals surface area contributed by atoms with E-state index in [1.54, 1.807) is 24.3 Å². The van der Waals surface area contributed by atoms with E-state index in [-0.39, 0.29) is 17.7 Å². The summed E-state index contributed by atoms with van der Waals surface area (Å²) >= 11 is 0. The third-order valence-electron chi connectivity index (χ3n) is 3.88.